The van der Waals surface area contributed by atoms with Crippen LogP contribution in [0.4, 0.5) is 0 Å². The Labute approximate surface area is 94.7 Å². The third-order valence-corrected chi connectivity index (χ3v) is 2.18. The number of hydrogen-bond donors (Lipinski definition) is 0. The lowest BCUT2D eigenvalue weighted by Gasteiger charge is -2.03. The van der Waals surface area contributed by atoms with E-state index in [-0.39, 0.29) is 11.7 Å². The maximum atomic E-state index is 11.4. The van der Waals surface area contributed by atoms with E-state index in [0.29, 0.717) is 0 Å². The summed E-state index contributed by atoms with van der Waals surface area (Å²) in [6.07, 6.45) is 0. The molecule has 0 aromatic heterocycles. The molecule has 1 aromatic rings. The van der Waals surface area contributed by atoms with E-state index in [4.69, 9.17) is 0 Å². The molecule has 0 aliphatic rings. The molecule has 0 aliphatic carbocycles. The monoisotopic (exact) mass is 256 g/mol. The van der Waals surface area contributed by atoms with Crippen LogP contribution < -0.4 is 0 Å². The molecule has 0 amide bonds. The van der Waals surface area contributed by atoms with Crippen molar-refractivity contribution in [3.05, 3.63) is 34.3 Å². The van der Waals surface area contributed by atoms with Gasteiger partial charge in [0.15, 0.2) is 5.78 Å². The lowest BCUT2D eigenvalue weighted by atomic mass is 10.0. The second kappa shape index (κ2) is 6.77. The van der Waals surface area contributed by atoms with Gasteiger partial charge in [0.05, 0.1) is 0 Å². The quantitative estimate of drug-likeness (QED) is 0.721. The Kier molecular flexibility index (Phi) is 6.46. The summed E-state index contributed by atoms with van der Waals surface area (Å²) in [7, 11) is 0. The van der Waals surface area contributed by atoms with Crippen molar-refractivity contribution in [1.82, 2.24) is 0 Å². The Bertz CT molecular complexity index is 275. The van der Waals surface area contributed by atoms with Gasteiger partial charge >= 0.3 is 0 Å². The average Bonchev–Trinajstić information content (AvgIpc) is 2.21. The van der Waals surface area contributed by atoms with Gasteiger partial charge in [-0.2, -0.15) is 0 Å². The number of ketones is 1. The molecule has 0 atom stereocenters. The smallest absolute Gasteiger partial charge is 0.165 e. The highest BCUT2D eigenvalue weighted by molar-refractivity contribution is 9.10. The van der Waals surface area contributed by atoms with Gasteiger partial charge in [-0.15, -0.1) is 0 Å². The van der Waals surface area contributed by atoms with Crippen molar-refractivity contribution in [1.29, 1.82) is 0 Å². The summed E-state index contributed by atoms with van der Waals surface area (Å²) in [6, 6.07) is 7.45. The van der Waals surface area contributed by atoms with Crippen LogP contribution in [0.1, 0.15) is 38.1 Å². The predicted octanol–water partition coefficient (Wildman–Crippen LogP) is 4.31. The molecule has 1 rings (SSSR count). The molecular weight excluding hydrogens is 240 g/mol. The van der Waals surface area contributed by atoms with Gasteiger partial charge in [-0.1, -0.05) is 55.8 Å². The summed E-state index contributed by atoms with van der Waals surface area (Å²) in [6.45, 7) is 7.81. The Morgan fingerprint density at radius 1 is 1.14 bits per heavy atom. The third kappa shape index (κ3) is 4.05. The fourth-order valence-corrected chi connectivity index (χ4v) is 1.21. The molecule has 14 heavy (non-hydrogen) atoms. The van der Waals surface area contributed by atoms with Crippen LogP contribution >= 0.6 is 15.9 Å². The SMILES string of the molecule is CC.CC(C)C(=O)c1ccc(Br)cc1. The lowest BCUT2D eigenvalue weighted by molar-refractivity contribution is 0.0939. The van der Waals surface area contributed by atoms with Crippen molar-refractivity contribution in [3.63, 3.8) is 0 Å². The number of carbonyl (C=O) groups is 1. The first-order chi connectivity index (χ1) is 6.61. The van der Waals surface area contributed by atoms with E-state index in [0.717, 1.165) is 10.0 Å². The van der Waals surface area contributed by atoms with Gasteiger partial charge in [-0.3, -0.25) is 4.79 Å². The molecule has 0 N–H and O–H groups in total. The maximum absolute atomic E-state index is 11.4. The minimum Gasteiger partial charge on any atom is -0.294 e. The molecule has 0 saturated heterocycles. The van der Waals surface area contributed by atoms with Crippen LogP contribution in [0, 0.1) is 5.92 Å². The van der Waals surface area contributed by atoms with E-state index in [1.807, 2.05) is 52.0 Å². The summed E-state index contributed by atoms with van der Waals surface area (Å²) in [5.74, 6) is 0.272. The zero-order chi connectivity index (χ0) is 11.1. The molecule has 0 radical (unpaired) electrons. The Morgan fingerprint density at radius 2 is 1.57 bits per heavy atom. The predicted molar refractivity (Wildman–Crippen MR) is 64.7 cm³/mol. The lowest BCUT2D eigenvalue weighted by Crippen LogP contribution is -2.06. The van der Waals surface area contributed by atoms with Gasteiger partial charge in [0.1, 0.15) is 0 Å². The molecule has 0 heterocycles. The molecule has 0 spiro atoms. The van der Waals surface area contributed by atoms with Crippen molar-refractivity contribution >= 4 is 21.7 Å². The van der Waals surface area contributed by atoms with Gasteiger partial charge in [-0.05, 0) is 12.1 Å². The van der Waals surface area contributed by atoms with Crippen molar-refractivity contribution in [2.24, 2.45) is 5.92 Å². The first-order valence-electron chi connectivity index (χ1n) is 4.91. The molecular formula is C12H17BrO. The van der Waals surface area contributed by atoms with E-state index >= 15 is 0 Å². The highest BCUT2D eigenvalue weighted by Crippen LogP contribution is 2.13. The molecule has 0 bridgehead atoms. The van der Waals surface area contributed by atoms with Crippen LogP contribution in [0.3, 0.4) is 0 Å². The molecule has 0 fully saturated rings. The van der Waals surface area contributed by atoms with Gasteiger partial charge in [0, 0.05) is 16.0 Å². The van der Waals surface area contributed by atoms with E-state index in [2.05, 4.69) is 15.9 Å². The van der Waals surface area contributed by atoms with Crippen molar-refractivity contribution < 1.29 is 4.79 Å². The molecule has 2 heteroatoms. The topological polar surface area (TPSA) is 17.1 Å². The van der Waals surface area contributed by atoms with Crippen LogP contribution in [0.15, 0.2) is 28.7 Å². The van der Waals surface area contributed by atoms with Gasteiger partial charge in [0.2, 0.25) is 0 Å². The van der Waals surface area contributed by atoms with Crippen molar-refractivity contribution in [3.8, 4) is 0 Å². The minimum atomic E-state index is 0.0752. The van der Waals surface area contributed by atoms with Crippen LogP contribution in [-0.2, 0) is 0 Å². The molecule has 1 aromatic carbocycles. The summed E-state index contributed by atoms with van der Waals surface area (Å²) in [5.41, 5.74) is 0.785. The first-order valence-corrected chi connectivity index (χ1v) is 5.70. The van der Waals surface area contributed by atoms with E-state index in [9.17, 15) is 4.79 Å². The molecule has 0 unspecified atom stereocenters. The Balaban J connectivity index is 0.000000791. The summed E-state index contributed by atoms with van der Waals surface area (Å²) in [4.78, 5) is 11.4. The Hall–Kier alpha value is -0.630. The molecule has 78 valence electrons. The van der Waals surface area contributed by atoms with E-state index in [1.54, 1.807) is 0 Å². The number of hydrogen-bond acceptors (Lipinski definition) is 1. The number of rotatable bonds is 2. The van der Waals surface area contributed by atoms with Crippen molar-refractivity contribution in [2.45, 2.75) is 27.7 Å². The fraction of sp³-hybridized carbons (Fsp3) is 0.417. The van der Waals surface area contributed by atoms with Crippen LogP contribution in [0.25, 0.3) is 0 Å². The van der Waals surface area contributed by atoms with Crippen LogP contribution in [-0.4, -0.2) is 5.78 Å². The van der Waals surface area contributed by atoms with Gasteiger partial charge in [0.25, 0.3) is 0 Å². The number of Topliss-reactive ketones (excluding diaryl/α,β-unsaturated/α-hetero) is 1. The van der Waals surface area contributed by atoms with Crippen LogP contribution in [0.2, 0.25) is 0 Å². The second-order valence-corrected chi connectivity index (χ2v) is 3.94. The second-order valence-electron chi connectivity index (χ2n) is 3.03. The number of benzene rings is 1. The summed E-state index contributed by atoms with van der Waals surface area (Å²) >= 11 is 3.32. The summed E-state index contributed by atoms with van der Waals surface area (Å²) in [5, 5.41) is 0. The first kappa shape index (κ1) is 13.4. The zero-order valence-corrected chi connectivity index (χ0v) is 10.8. The van der Waals surface area contributed by atoms with Gasteiger partial charge in [-0.25, -0.2) is 0 Å². The highest BCUT2D eigenvalue weighted by Gasteiger charge is 2.08. The van der Waals surface area contributed by atoms with E-state index < -0.39 is 0 Å². The number of carbonyl (C=O) groups excluding carboxylic acids is 1. The third-order valence-electron chi connectivity index (χ3n) is 1.65. The largest absolute Gasteiger partial charge is 0.294 e. The normalized spacial score (nSPS) is 9.29. The summed E-state index contributed by atoms with van der Waals surface area (Å²) < 4.78 is 1.00. The minimum absolute atomic E-state index is 0.0752. The zero-order valence-electron chi connectivity index (χ0n) is 9.17. The maximum Gasteiger partial charge on any atom is 0.165 e. The van der Waals surface area contributed by atoms with Crippen molar-refractivity contribution in [2.75, 3.05) is 0 Å². The van der Waals surface area contributed by atoms with Crippen LogP contribution in [0.5, 0.6) is 0 Å². The number of halogens is 1. The molecule has 0 aliphatic heterocycles. The Morgan fingerprint density at radius 3 is 1.93 bits per heavy atom. The fourth-order valence-electron chi connectivity index (χ4n) is 0.947. The highest BCUT2D eigenvalue weighted by atomic mass is 79.9. The standard InChI is InChI=1S/C10H11BrO.C2H6/c1-7(2)10(12)8-3-5-9(11)6-4-8;1-2/h3-7H,1-2H3;1-2H3. The average molecular weight is 257 g/mol. The van der Waals surface area contributed by atoms with E-state index in [1.165, 1.54) is 0 Å². The molecule has 1 nitrogen and oxygen atoms in total. The molecule has 0 saturated carbocycles. The van der Waals surface area contributed by atoms with Gasteiger partial charge < -0.3 is 0 Å².